The van der Waals surface area contributed by atoms with E-state index in [0.29, 0.717) is 0 Å². The van der Waals surface area contributed by atoms with E-state index >= 15 is 0 Å². The molecule has 18 heteroatoms. The molecule has 0 saturated heterocycles. The smallest absolute Gasteiger partial charge is 0.545 e. The van der Waals surface area contributed by atoms with Crippen molar-refractivity contribution in [2.45, 2.75) is 0 Å². The molecule has 0 amide bonds. The van der Waals surface area contributed by atoms with Gasteiger partial charge in [0.25, 0.3) is 0 Å². The van der Waals surface area contributed by atoms with Crippen LogP contribution in [0.2, 0.25) is 0 Å². The molecule has 0 rings (SSSR count). The fourth-order valence-electron chi connectivity index (χ4n) is 0. The normalized spacial score (nSPS) is 7.79. The second kappa shape index (κ2) is 36.5. The number of rotatable bonds is 0. The van der Waals surface area contributed by atoms with Crippen molar-refractivity contribution in [2.24, 2.45) is 0 Å². The van der Waals surface area contributed by atoms with E-state index in [1.54, 1.807) is 0 Å². The molecule has 0 fully saturated rings. The van der Waals surface area contributed by atoms with Crippen molar-refractivity contribution in [3.63, 3.8) is 0 Å². The summed E-state index contributed by atoms with van der Waals surface area (Å²) in [6.07, 6.45) is 0. The molecule has 0 aromatic heterocycles. The molecule has 0 aliphatic heterocycles. The Kier molecular flexibility index (Phi) is 70.7. The average Bonchev–Trinajstić information content (AvgIpc) is 2.01. The zero-order valence-electron chi connectivity index (χ0n) is 7.87. The van der Waals surface area contributed by atoms with E-state index < -0.39 is 35.4 Å². The minimum Gasteiger partial charge on any atom is -0.545 e. The van der Waals surface area contributed by atoms with Gasteiger partial charge in [0.1, 0.15) is 0 Å². The van der Waals surface area contributed by atoms with Crippen LogP contribution >= 0.6 is 35.4 Å². The number of hydrogen-bond donors (Lipinski definition) is 0. The Morgan fingerprint density at radius 1 is 0.421 bits per heavy atom. The van der Waals surface area contributed by atoms with Gasteiger partial charge in [-0.1, -0.05) is 0 Å². The van der Waals surface area contributed by atoms with Gasteiger partial charge < -0.3 is 4.79 Å². The molecule has 0 aliphatic rings. The maximum Gasteiger partial charge on any atom is 0.558 e. The van der Waals surface area contributed by atoms with E-state index in [0.717, 1.165) is 0 Å². The Morgan fingerprint density at radius 2 is 0.421 bits per heavy atom. The zero-order chi connectivity index (χ0) is 16.3. The van der Waals surface area contributed by atoms with E-state index in [1.807, 2.05) is 0 Å². The van der Waals surface area contributed by atoms with Gasteiger partial charge in [-0.3, -0.25) is 6.79 Å². The van der Waals surface area contributed by atoms with Gasteiger partial charge in [0.2, 0.25) is 0 Å². The van der Waals surface area contributed by atoms with Crippen molar-refractivity contribution >= 4 is 42.2 Å². The predicted molar refractivity (Wildman–Crippen MR) is 53.3 cm³/mol. The molecule has 0 heterocycles. The summed E-state index contributed by atoms with van der Waals surface area (Å²) >= 11 is 0. The molecule has 0 N–H and O–H groups in total. The molecule has 0 aromatic rings. The summed E-state index contributed by atoms with van der Waals surface area (Å²) in [6.45, 7) is 3.25. The predicted octanol–water partition coefficient (Wildman–Crippen LogP) is 7.14. The fraction of sp³-hybridized carbons (Fsp3) is 0. The minimum absolute atomic E-state index is 0. The van der Waals surface area contributed by atoms with Gasteiger partial charge in [0.15, 0.2) is 0 Å². The van der Waals surface area contributed by atoms with Crippen molar-refractivity contribution in [3.8, 4) is 0 Å². The minimum atomic E-state index is -4.38. The molecule has 124 valence electrons. The van der Waals surface area contributed by atoms with E-state index in [4.69, 9.17) is 4.79 Å². The summed E-state index contributed by atoms with van der Waals surface area (Å²) in [5.74, 6) is 0. The SMILES string of the molecule is F[PH+](F)F.F[PH+](F)F.F[PH+](F)F.F[PH+](F)F.[CH-]=O.[Fe]. The topological polar surface area (TPSA) is 17.1 Å². The van der Waals surface area contributed by atoms with Gasteiger partial charge in [0, 0.05) is 67.4 Å². The van der Waals surface area contributed by atoms with Crippen LogP contribution in [0.3, 0.4) is 0 Å². The number of carbonyl (C=O) groups excluding carboxylic acids is 1. The Hall–Kier alpha value is 1.07. The molecule has 0 unspecified atom stereocenters. The molecule has 0 bridgehead atoms. The Balaban J connectivity index is -0.0000000279. The molecule has 0 aliphatic carbocycles. The third-order valence-electron chi connectivity index (χ3n) is 0. The van der Waals surface area contributed by atoms with Crippen LogP contribution in [0.1, 0.15) is 0 Å². The summed E-state index contributed by atoms with van der Waals surface area (Å²) < 4.78 is 117. The molecule has 1 nitrogen and oxygen atoms in total. The zero-order valence-corrected chi connectivity index (χ0v) is 13.0. The van der Waals surface area contributed by atoms with Crippen LogP contribution in [-0.2, 0) is 21.9 Å². The Labute approximate surface area is 115 Å². The monoisotopic (exact) mass is 441 g/mol. The van der Waals surface area contributed by atoms with E-state index in [9.17, 15) is 50.4 Å². The second-order valence-electron chi connectivity index (χ2n) is 0.857. The van der Waals surface area contributed by atoms with Crippen molar-refractivity contribution in [1.82, 2.24) is 0 Å². The number of hydrogen-bond acceptors (Lipinski definition) is 1. The van der Waals surface area contributed by atoms with Gasteiger partial charge in [-0.2, -0.15) is 0 Å². The molecular weight excluding hydrogens is 436 g/mol. The molecule has 19 heavy (non-hydrogen) atoms. The number of halogens is 12. The summed E-state index contributed by atoms with van der Waals surface area (Å²) in [4.78, 5) is 7.75. The van der Waals surface area contributed by atoms with E-state index in [2.05, 4.69) is 6.79 Å². The van der Waals surface area contributed by atoms with Crippen molar-refractivity contribution in [2.75, 3.05) is 0 Å². The van der Waals surface area contributed by atoms with Gasteiger partial charge in [-0.05, 0) is 0 Å². The summed E-state index contributed by atoms with van der Waals surface area (Å²) in [6, 6.07) is 0. The van der Waals surface area contributed by atoms with Crippen LogP contribution in [0.15, 0.2) is 0 Å². The summed E-state index contributed by atoms with van der Waals surface area (Å²) in [5.41, 5.74) is 0. The third-order valence-corrected chi connectivity index (χ3v) is 0. The third kappa shape index (κ3) is 4860. The van der Waals surface area contributed by atoms with Crippen molar-refractivity contribution in [1.29, 1.82) is 0 Å². The Bertz CT molecular complexity index is 82.9. The van der Waals surface area contributed by atoms with Gasteiger partial charge >= 0.3 is 35.4 Å². The van der Waals surface area contributed by atoms with E-state index in [1.165, 1.54) is 0 Å². The quantitative estimate of drug-likeness (QED) is 0.129. The first-order valence-electron chi connectivity index (χ1n) is 2.50. The van der Waals surface area contributed by atoms with Crippen LogP contribution in [-0.4, -0.2) is 6.79 Å². The second-order valence-corrected chi connectivity index (χ2v) is 2.57. The first kappa shape index (κ1) is 36.9. The first-order valence-corrected chi connectivity index (χ1v) is 7.04. The fourth-order valence-corrected chi connectivity index (χ4v) is 0. The van der Waals surface area contributed by atoms with Crippen molar-refractivity contribution < 1.29 is 72.2 Å². The maximum absolute atomic E-state index is 9.77. The standard InChI is InChI=1S/CHO.4F3HP.Fe/c1-2;4*1-4(2)3;/h1H;4*4H;/q-1;4*+1;. The molecular formula is CH5F12FeOP4+3. The molecule has 0 atom stereocenters. The van der Waals surface area contributed by atoms with Gasteiger partial charge in [0.05, 0.1) is 0 Å². The van der Waals surface area contributed by atoms with Crippen molar-refractivity contribution in [3.05, 3.63) is 0 Å². The largest absolute Gasteiger partial charge is 0.558 e. The molecule has 0 radical (unpaired) electrons. The first-order chi connectivity index (χ1) is 7.93. The average molecular weight is 441 g/mol. The van der Waals surface area contributed by atoms with Gasteiger partial charge in [-0.15, -0.1) is 0 Å². The van der Waals surface area contributed by atoms with Gasteiger partial charge in [-0.25, -0.2) is 0 Å². The van der Waals surface area contributed by atoms with E-state index in [-0.39, 0.29) is 17.1 Å². The molecule has 0 spiro atoms. The van der Waals surface area contributed by atoms with Crippen LogP contribution in [0.4, 0.5) is 50.4 Å². The molecule has 0 saturated carbocycles. The van der Waals surface area contributed by atoms with Crippen LogP contribution in [0.25, 0.3) is 0 Å². The molecule has 0 aromatic carbocycles. The van der Waals surface area contributed by atoms with Crippen LogP contribution in [0, 0.1) is 0 Å². The Morgan fingerprint density at radius 3 is 0.421 bits per heavy atom. The van der Waals surface area contributed by atoms with Crippen LogP contribution in [0.5, 0.6) is 0 Å². The maximum atomic E-state index is 9.77. The summed E-state index contributed by atoms with van der Waals surface area (Å²) in [7, 11) is -17.5. The van der Waals surface area contributed by atoms with Crippen LogP contribution < -0.4 is 0 Å². The summed E-state index contributed by atoms with van der Waals surface area (Å²) in [5, 5.41) is 0.